The van der Waals surface area contributed by atoms with Crippen molar-refractivity contribution in [2.24, 2.45) is 4.99 Å². The number of carboxylic acids is 1. The molecule has 0 spiro atoms. The molecule has 2 aliphatic rings. The second kappa shape index (κ2) is 6.75. The molecule has 2 fully saturated rings. The highest BCUT2D eigenvalue weighted by molar-refractivity contribution is 8.16. The molecule has 2 aliphatic heterocycles. The number of fused-ring (bicyclic) bond motifs is 1. The Morgan fingerprint density at radius 3 is 2.56 bits per heavy atom. The third-order valence-corrected chi connectivity index (χ3v) is 7.15. The van der Waals surface area contributed by atoms with Crippen LogP contribution >= 0.6 is 11.8 Å². The first-order chi connectivity index (χ1) is 11.7. The number of carboxylic acid groups (broad SMARTS) is 1. The predicted octanol–water partition coefficient (Wildman–Crippen LogP) is 1.29. The van der Waals surface area contributed by atoms with Gasteiger partial charge < -0.3 is 10.0 Å². The van der Waals surface area contributed by atoms with E-state index in [4.69, 9.17) is 5.11 Å². The number of amidine groups is 1. The van der Waals surface area contributed by atoms with Crippen LogP contribution in [0.15, 0.2) is 29.3 Å². The number of aliphatic imine (C=N–C) groups is 1. The molecule has 3 rings (SSSR count). The van der Waals surface area contributed by atoms with Gasteiger partial charge in [-0.05, 0) is 24.3 Å². The fourth-order valence-corrected chi connectivity index (χ4v) is 6.78. The summed E-state index contributed by atoms with van der Waals surface area (Å²) >= 11 is 1.19. The molecule has 2 heterocycles. The number of hydrogen-bond donors (Lipinski definition) is 1. The monoisotopic (exact) mass is 386 g/mol. The maximum atomic E-state index is 13.2. The van der Waals surface area contributed by atoms with Gasteiger partial charge in [-0.1, -0.05) is 11.8 Å². The van der Waals surface area contributed by atoms with E-state index in [1.165, 1.54) is 36.0 Å². The molecule has 2 saturated heterocycles. The van der Waals surface area contributed by atoms with Gasteiger partial charge in [0, 0.05) is 17.4 Å². The Labute approximate surface area is 147 Å². The molecule has 1 amide bonds. The number of aliphatic carboxylic acids is 1. The SMILES string of the molecule is O=C(O)CCC(=O)N=C1S[C@H]2CS(=O)(=O)C[C@@H]2N1c1ccc(F)cc1. The Morgan fingerprint density at radius 1 is 1.24 bits per heavy atom. The van der Waals surface area contributed by atoms with Gasteiger partial charge in [-0.3, -0.25) is 9.59 Å². The quantitative estimate of drug-likeness (QED) is 0.831. The number of anilines is 1. The summed E-state index contributed by atoms with van der Waals surface area (Å²) < 4.78 is 37.0. The van der Waals surface area contributed by atoms with Crippen LogP contribution in [-0.2, 0) is 19.4 Å². The normalized spacial score (nSPS) is 26.0. The second-order valence-electron chi connectivity index (χ2n) is 5.83. The Morgan fingerprint density at radius 2 is 1.92 bits per heavy atom. The van der Waals surface area contributed by atoms with Crippen molar-refractivity contribution < 1.29 is 27.5 Å². The van der Waals surface area contributed by atoms with Crippen molar-refractivity contribution in [3.05, 3.63) is 30.1 Å². The summed E-state index contributed by atoms with van der Waals surface area (Å²) in [6, 6.07) is 5.12. The van der Waals surface area contributed by atoms with E-state index in [0.717, 1.165) is 0 Å². The Hall–Kier alpha value is -1.94. The molecule has 0 aliphatic carbocycles. The fourth-order valence-electron chi connectivity index (χ4n) is 2.84. The molecule has 2 atom stereocenters. The molecular weight excluding hydrogens is 371 g/mol. The predicted molar refractivity (Wildman–Crippen MR) is 92.0 cm³/mol. The van der Waals surface area contributed by atoms with Gasteiger partial charge in [0.1, 0.15) is 5.82 Å². The van der Waals surface area contributed by atoms with Crippen LogP contribution in [0.5, 0.6) is 0 Å². The van der Waals surface area contributed by atoms with Gasteiger partial charge in [-0.2, -0.15) is 4.99 Å². The third kappa shape index (κ3) is 4.01. The lowest BCUT2D eigenvalue weighted by Gasteiger charge is -2.24. The molecule has 7 nitrogen and oxygen atoms in total. The molecule has 0 unspecified atom stereocenters. The van der Waals surface area contributed by atoms with Gasteiger partial charge in [0.15, 0.2) is 15.0 Å². The number of carbonyl (C=O) groups excluding carboxylic acids is 1. The van der Waals surface area contributed by atoms with E-state index in [2.05, 4.69) is 4.99 Å². The Kier molecular flexibility index (Phi) is 4.83. The maximum Gasteiger partial charge on any atom is 0.303 e. The van der Waals surface area contributed by atoms with E-state index in [9.17, 15) is 22.4 Å². The van der Waals surface area contributed by atoms with Crippen LogP contribution in [0.4, 0.5) is 10.1 Å². The Balaban J connectivity index is 1.90. The summed E-state index contributed by atoms with van der Waals surface area (Å²) in [5.41, 5.74) is 0.545. The van der Waals surface area contributed by atoms with Gasteiger partial charge in [-0.15, -0.1) is 0 Å². The lowest BCUT2D eigenvalue weighted by molar-refractivity contribution is -0.138. The highest BCUT2D eigenvalue weighted by atomic mass is 32.2. The van der Waals surface area contributed by atoms with Crippen molar-refractivity contribution in [3.63, 3.8) is 0 Å². The van der Waals surface area contributed by atoms with Crippen molar-refractivity contribution >= 4 is 44.3 Å². The summed E-state index contributed by atoms with van der Waals surface area (Å²) in [5.74, 6) is -2.18. The minimum absolute atomic E-state index is 0.0115. The van der Waals surface area contributed by atoms with Gasteiger partial charge in [0.2, 0.25) is 5.91 Å². The molecule has 1 N–H and O–H groups in total. The maximum absolute atomic E-state index is 13.2. The molecule has 25 heavy (non-hydrogen) atoms. The topological polar surface area (TPSA) is 104 Å². The standard InChI is InChI=1S/C15H15FN2O5S2/c16-9-1-3-10(4-2-9)18-11-7-25(22,23)8-12(11)24-15(18)17-13(19)5-6-14(20)21/h1-4,11-12H,5-8H2,(H,20,21)/t11-,12-/m0/s1. The first-order valence-electron chi connectivity index (χ1n) is 7.50. The summed E-state index contributed by atoms with van der Waals surface area (Å²) in [5, 5.41) is 8.71. The highest BCUT2D eigenvalue weighted by Gasteiger charge is 2.49. The summed E-state index contributed by atoms with van der Waals surface area (Å²) in [6.07, 6.45) is -0.553. The van der Waals surface area contributed by atoms with Gasteiger partial charge in [0.05, 0.1) is 24.0 Å². The molecule has 0 saturated carbocycles. The van der Waals surface area contributed by atoms with Gasteiger partial charge in [0.25, 0.3) is 0 Å². The minimum atomic E-state index is -3.18. The number of benzene rings is 1. The Bertz CT molecular complexity index is 838. The molecule has 0 bridgehead atoms. The molecule has 0 radical (unpaired) electrons. The van der Waals surface area contributed by atoms with Crippen molar-refractivity contribution in [1.82, 2.24) is 0 Å². The van der Waals surface area contributed by atoms with Crippen molar-refractivity contribution in [2.45, 2.75) is 24.1 Å². The van der Waals surface area contributed by atoms with Crippen molar-refractivity contribution in [1.29, 1.82) is 0 Å². The van der Waals surface area contributed by atoms with E-state index in [1.54, 1.807) is 4.90 Å². The number of amides is 1. The number of rotatable bonds is 4. The number of sulfone groups is 1. The molecule has 134 valence electrons. The van der Waals surface area contributed by atoms with E-state index >= 15 is 0 Å². The molecule has 1 aromatic rings. The molecular formula is C15H15FN2O5S2. The van der Waals surface area contributed by atoms with Crippen LogP contribution in [0.25, 0.3) is 0 Å². The van der Waals surface area contributed by atoms with Crippen molar-refractivity contribution in [2.75, 3.05) is 16.4 Å². The van der Waals surface area contributed by atoms with E-state index in [0.29, 0.717) is 10.9 Å². The number of halogens is 1. The number of nitrogens with zero attached hydrogens (tertiary/aromatic N) is 2. The average molecular weight is 386 g/mol. The average Bonchev–Trinajstić information content (AvgIpc) is 2.97. The summed E-state index contributed by atoms with van der Waals surface area (Å²) in [7, 11) is -3.18. The number of hydrogen-bond acceptors (Lipinski definition) is 5. The molecule has 10 heteroatoms. The highest BCUT2D eigenvalue weighted by Crippen LogP contribution is 2.41. The van der Waals surface area contributed by atoms with Crippen LogP contribution < -0.4 is 4.90 Å². The zero-order valence-electron chi connectivity index (χ0n) is 13.0. The van der Waals surface area contributed by atoms with E-state index in [1.807, 2.05) is 0 Å². The lowest BCUT2D eigenvalue weighted by Crippen LogP contribution is -2.37. The zero-order valence-corrected chi connectivity index (χ0v) is 14.6. The number of thioether (sulfide) groups is 1. The zero-order chi connectivity index (χ0) is 18.2. The third-order valence-electron chi connectivity index (χ3n) is 3.94. The molecule has 1 aromatic carbocycles. The van der Waals surface area contributed by atoms with Gasteiger partial charge in [-0.25, -0.2) is 12.8 Å². The minimum Gasteiger partial charge on any atom is -0.481 e. The second-order valence-corrected chi connectivity index (χ2v) is 9.19. The summed E-state index contributed by atoms with van der Waals surface area (Å²) in [6.45, 7) is 0. The lowest BCUT2D eigenvalue weighted by atomic mass is 10.2. The molecule has 0 aromatic heterocycles. The largest absolute Gasteiger partial charge is 0.481 e. The first-order valence-corrected chi connectivity index (χ1v) is 10.2. The van der Waals surface area contributed by atoms with E-state index < -0.39 is 27.5 Å². The number of carbonyl (C=O) groups is 2. The van der Waals surface area contributed by atoms with Crippen LogP contribution in [-0.4, -0.2) is 53.4 Å². The van der Waals surface area contributed by atoms with E-state index in [-0.39, 0.29) is 35.6 Å². The fraction of sp³-hybridized carbons (Fsp3) is 0.400. The van der Waals surface area contributed by atoms with Crippen LogP contribution in [0.3, 0.4) is 0 Å². The smallest absolute Gasteiger partial charge is 0.303 e. The first kappa shape index (κ1) is 17.9. The summed E-state index contributed by atoms with van der Waals surface area (Å²) in [4.78, 5) is 28.1. The van der Waals surface area contributed by atoms with Crippen LogP contribution in [0.2, 0.25) is 0 Å². The van der Waals surface area contributed by atoms with Crippen LogP contribution in [0.1, 0.15) is 12.8 Å². The van der Waals surface area contributed by atoms with Gasteiger partial charge >= 0.3 is 5.97 Å². The van der Waals surface area contributed by atoms with Crippen LogP contribution in [0, 0.1) is 5.82 Å². The van der Waals surface area contributed by atoms with Crippen molar-refractivity contribution in [3.8, 4) is 0 Å².